The number of hydrogen-bond donors (Lipinski definition) is 1. The van der Waals surface area contributed by atoms with Crippen molar-refractivity contribution in [1.29, 1.82) is 0 Å². The molecule has 0 aliphatic rings. The first-order valence-electron chi connectivity index (χ1n) is 0.816. The zero-order chi connectivity index (χ0) is 2.71. The third-order valence-electron chi connectivity index (χ3n) is 0. The molecule has 0 aromatic carbocycles. The van der Waals surface area contributed by atoms with E-state index in [4.69, 9.17) is 5.11 Å². The molecule has 1 nitrogen and oxygen atoms in total. The first-order valence-corrected chi connectivity index (χ1v) is 0.816. The van der Waals surface area contributed by atoms with Crippen LogP contribution in [0.4, 0.5) is 0 Å². The topological polar surface area (TPSA) is 20.2 Å². The maximum atomic E-state index is 7.46. The normalized spacial score (nSPS) is 4.50. The van der Waals surface area contributed by atoms with E-state index in [1.807, 2.05) is 0 Å². The van der Waals surface area contributed by atoms with Crippen LogP contribution in [-0.4, -0.2) is 11.7 Å². The van der Waals surface area contributed by atoms with E-state index >= 15 is 0 Å². The molecule has 0 heterocycles. The molecule has 0 aromatic heterocycles. The van der Waals surface area contributed by atoms with Gasteiger partial charge in [0.2, 0.25) is 0 Å². The van der Waals surface area contributed by atoms with Gasteiger partial charge < -0.3 is 12.0 Å². The quantitative estimate of drug-likeness (QED) is 0.571. The summed E-state index contributed by atoms with van der Waals surface area (Å²) in [6.45, 7) is 3.04. The second kappa shape index (κ2) is 9.42. The molecule has 0 spiro atoms. The van der Waals surface area contributed by atoms with E-state index in [0.29, 0.717) is 0 Å². The van der Waals surface area contributed by atoms with Gasteiger partial charge in [-0.05, 0) is 0 Å². The maximum absolute atomic E-state index is 7.46. The van der Waals surface area contributed by atoms with E-state index in [0.717, 1.165) is 0 Å². The third kappa shape index (κ3) is 17.1. The van der Waals surface area contributed by atoms with E-state index in [1.54, 1.807) is 0 Å². The number of aliphatic hydroxyl groups is 1. The molecule has 4 heavy (non-hydrogen) atoms. The smallest absolute Gasteiger partial charge is 0 e. The predicted octanol–water partition coefficient (Wildman–Crippen LogP) is -0.190. The zero-order valence-electron chi connectivity index (χ0n) is 2.27. The minimum Gasteiger partial charge on any atom is -0.428 e. The number of rotatable bonds is 0. The Morgan fingerprint density at radius 1 is 1.75 bits per heavy atom. The molecule has 0 fully saturated rings. The molecule has 1 N–H and O–H groups in total. The van der Waals surface area contributed by atoms with Crippen LogP contribution in [-0.2, 0) is 21.1 Å². The van der Waals surface area contributed by atoms with E-state index in [9.17, 15) is 0 Å². The number of hydrogen-bond acceptors (Lipinski definition) is 1. The predicted molar refractivity (Wildman–Crippen MR) is 12.4 cm³/mol. The molecule has 0 saturated carbocycles. The Labute approximate surface area is 40.3 Å². The van der Waals surface area contributed by atoms with Gasteiger partial charge in [0.1, 0.15) is 0 Å². The van der Waals surface area contributed by atoms with Crippen molar-refractivity contribution in [2.24, 2.45) is 0 Å². The molecular weight excluding hydrogens is 224 g/mol. The van der Waals surface area contributed by atoms with Crippen LogP contribution >= 0.6 is 0 Å². The fourth-order valence-corrected chi connectivity index (χ4v) is 0. The van der Waals surface area contributed by atoms with Crippen LogP contribution in [0.2, 0.25) is 0 Å². The summed E-state index contributed by atoms with van der Waals surface area (Å²) in [4.78, 5) is 0. The Kier molecular flexibility index (Phi) is 20.8. The van der Waals surface area contributed by atoms with E-state index in [1.165, 1.54) is 0 Å². The van der Waals surface area contributed by atoms with Crippen LogP contribution in [0.25, 0.3) is 0 Å². The molecule has 0 aliphatic carbocycles. The molecule has 0 rings (SSSR count). The molecule has 0 aliphatic heterocycles. The largest absolute Gasteiger partial charge is 0.428 e. The molecule has 0 unspecified atom stereocenters. The van der Waals surface area contributed by atoms with Gasteiger partial charge in [-0.25, -0.2) is 0 Å². The second-order valence-electron chi connectivity index (χ2n) is 0.224. The molecule has 0 aromatic rings. The Morgan fingerprint density at radius 2 is 1.75 bits per heavy atom. The minimum absolute atomic E-state index is 0. The van der Waals surface area contributed by atoms with Gasteiger partial charge in [-0.2, -0.15) is 0 Å². The fraction of sp³-hybridized carbons (Fsp3) is 0.500. The summed E-state index contributed by atoms with van der Waals surface area (Å²) in [5, 5.41) is 7.46. The molecular formula is C2H5OW-. The number of aliphatic hydroxyl groups excluding tert-OH is 1. The van der Waals surface area contributed by atoms with Gasteiger partial charge >= 0.3 is 0 Å². The van der Waals surface area contributed by atoms with Crippen molar-refractivity contribution in [2.75, 3.05) is 6.61 Å². The van der Waals surface area contributed by atoms with Gasteiger partial charge in [0.05, 0.1) is 0 Å². The fourth-order valence-electron chi connectivity index (χ4n) is 0. The second-order valence-corrected chi connectivity index (χ2v) is 0.224. The minimum atomic E-state index is 0. The van der Waals surface area contributed by atoms with Crippen LogP contribution in [0, 0.1) is 6.92 Å². The molecule has 0 atom stereocenters. The van der Waals surface area contributed by atoms with E-state index in [2.05, 4.69) is 6.92 Å². The van der Waals surface area contributed by atoms with Crippen LogP contribution < -0.4 is 0 Å². The van der Waals surface area contributed by atoms with Crippen molar-refractivity contribution >= 4 is 0 Å². The van der Waals surface area contributed by atoms with Gasteiger partial charge in [-0.15, -0.1) is 0 Å². The van der Waals surface area contributed by atoms with Gasteiger partial charge in [-0.1, -0.05) is 6.61 Å². The van der Waals surface area contributed by atoms with Gasteiger partial charge in [-0.3, -0.25) is 0 Å². The van der Waals surface area contributed by atoms with E-state index < -0.39 is 0 Å². The molecule has 2 heteroatoms. The standard InChI is InChI=1S/C2H5O.W/c1-2-3;/h3H,1-2H2;/q-1;. The SMILES string of the molecule is [CH2-]CO.[W]. The Morgan fingerprint density at radius 3 is 1.75 bits per heavy atom. The average Bonchev–Trinajstić information content (AvgIpc) is 0.918. The molecule has 0 saturated heterocycles. The van der Waals surface area contributed by atoms with Crippen LogP contribution in [0.3, 0.4) is 0 Å². The van der Waals surface area contributed by atoms with Crippen molar-refractivity contribution in [1.82, 2.24) is 0 Å². The summed E-state index contributed by atoms with van der Waals surface area (Å²) in [7, 11) is 0. The Balaban J connectivity index is 0. The first-order chi connectivity index (χ1) is 1.41. The molecule has 0 bridgehead atoms. The van der Waals surface area contributed by atoms with Crippen LogP contribution in [0.15, 0.2) is 0 Å². The van der Waals surface area contributed by atoms with Crippen molar-refractivity contribution in [3.63, 3.8) is 0 Å². The summed E-state index contributed by atoms with van der Waals surface area (Å²) in [6, 6.07) is 0. The zero-order valence-corrected chi connectivity index (χ0v) is 5.20. The van der Waals surface area contributed by atoms with Crippen molar-refractivity contribution in [2.45, 2.75) is 0 Å². The van der Waals surface area contributed by atoms with Gasteiger partial charge in [0, 0.05) is 21.1 Å². The monoisotopic (exact) mass is 229 g/mol. The van der Waals surface area contributed by atoms with Crippen LogP contribution in [0.1, 0.15) is 0 Å². The average molecular weight is 229 g/mol. The van der Waals surface area contributed by atoms with E-state index in [-0.39, 0.29) is 27.7 Å². The molecule has 26 valence electrons. The Bertz CT molecular complexity index is 6.00. The first kappa shape index (κ1) is 8.82. The summed E-state index contributed by atoms with van der Waals surface area (Å²) in [5.74, 6) is 0. The van der Waals surface area contributed by atoms with Crippen molar-refractivity contribution < 1.29 is 26.2 Å². The van der Waals surface area contributed by atoms with Crippen molar-refractivity contribution in [3.8, 4) is 0 Å². The van der Waals surface area contributed by atoms with Gasteiger partial charge in [0.25, 0.3) is 0 Å². The summed E-state index contributed by atoms with van der Waals surface area (Å²) in [6.07, 6.45) is 0. The summed E-state index contributed by atoms with van der Waals surface area (Å²) < 4.78 is 0. The summed E-state index contributed by atoms with van der Waals surface area (Å²) >= 11 is 0. The van der Waals surface area contributed by atoms with Crippen molar-refractivity contribution in [3.05, 3.63) is 6.92 Å². The molecule has 0 radical (unpaired) electrons. The Hall–Kier alpha value is 0.648. The van der Waals surface area contributed by atoms with Gasteiger partial charge in [0.15, 0.2) is 0 Å². The third-order valence-corrected chi connectivity index (χ3v) is 0. The molecule has 0 amide bonds. The maximum Gasteiger partial charge on any atom is 0 e. The summed E-state index contributed by atoms with van der Waals surface area (Å²) in [5.41, 5.74) is 0. The van der Waals surface area contributed by atoms with Crippen LogP contribution in [0.5, 0.6) is 0 Å².